The number of carbonyl (C=O) groups excluding carboxylic acids is 6. The Labute approximate surface area is 549 Å². The van der Waals surface area contributed by atoms with Gasteiger partial charge in [0.25, 0.3) is 35.2 Å². The number of rotatable bonds is 19. The summed E-state index contributed by atoms with van der Waals surface area (Å²) in [6, 6.07) is 17.7. The zero-order valence-electron chi connectivity index (χ0n) is 54.4. The van der Waals surface area contributed by atoms with Gasteiger partial charge in [-0.3, -0.25) is 55.9 Å². The fraction of sp³-hybridized carbons (Fsp3) is 0.500. The van der Waals surface area contributed by atoms with Gasteiger partial charge >= 0.3 is 15.6 Å². The molecule has 2 aromatic carbocycles. The van der Waals surface area contributed by atoms with E-state index in [0.717, 1.165) is 0 Å². The molecular formula is C64H91ClN8O18P2. The monoisotopic (exact) mass is 1360 g/mol. The Kier molecular flexibility index (Phi) is 27.5. The molecule has 4 amide bonds. The lowest BCUT2D eigenvalue weighted by Gasteiger charge is -2.34. The lowest BCUT2D eigenvalue weighted by molar-refractivity contribution is -0.128. The van der Waals surface area contributed by atoms with Crippen molar-refractivity contribution in [1.29, 1.82) is 0 Å². The standard InChI is InChI=1S/C31H41N4O9P.C22H22N4O5.C9H20ClO4P.2CH4/c1-30(2,3)43-45(39,44-31(4,5)6)42-20-35-19-22(24-23(40-7)18-32-27(41-8)25(24)35)26(36)29(38)34-16-14-33(15-17-34)28(37)21-12-10-9-11-13-21;1-30-16-13-24-20(31-2)18-17(16)15(12-23-18)19(27)22(29)26-10-8-25(9-11-26)21(28)14-6-4-3-5-7-14;1-8(2,3)13-15(11,12-7-10)14-9(4,5)6;;/h9-13,18-19H,14-17,20H2,1-8H3;3-7,12-13,23H,8-11H2,1-2H3;7H2,1-6H3;2*1H4. The highest BCUT2D eigenvalue weighted by Gasteiger charge is 2.40. The van der Waals surface area contributed by atoms with E-state index in [2.05, 4.69) is 15.0 Å². The summed E-state index contributed by atoms with van der Waals surface area (Å²) in [5.74, 6) is -2.01. The van der Waals surface area contributed by atoms with E-state index in [-0.39, 0.29) is 106 Å². The molecule has 0 aliphatic carbocycles. The Hall–Kier alpha value is -7.25. The number of benzene rings is 2. The molecule has 0 bridgehead atoms. The van der Waals surface area contributed by atoms with Gasteiger partial charge < -0.3 is 48.1 Å². The maximum absolute atomic E-state index is 13.8. The van der Waals surface area contributed by atoms with Crippen molar-refractivity contribution in [2.45, 2.75) is 127 Å². The Morgan fingerprint density at radius 3 is 1.25 bits per heavy atom. The van der Waals surface area contributed by atoms with E-state index in [1.165, 1.54) is 67.6 Å². The van der Waals surface area contributed by atoms with Crippen LogP contribution in [0, 0.1) is 0 Å². The molecule has 2 saturated heterocycles. The van der Waals surface area contributed by atoms with Crippen LogP contribution in [0.4, 0.5) is 0 Å². The van der Waals surface area contributed by atoms with Crippen LogP contribution in [0.15, 0.2) is 85.5 Å². The average molecular weight is 1360 g/mol. The molecule has 0 unspecified atom stereocenters. The first-order valence-electron chi connectivity index (χ1n) is 29.0. The summed E-state index contributed by atoms with van der Waals surface area (Å²) < 4.78 is 81.5. The molecule has 512 valence electrons. The van der Waals surface area contributed by atoms with Gasteiger partial charge in [-0.25, -0.2) is 19.1 Å². The quantitative estimate of drug-likeness (QED) is 0.0341. The van der Waals surface area contributed by atoms with Crippen LogP contribution in [0.25, 0.3) is 21.8 Å². The average Bonchev–Trinajstić information content (AvgIpc) is 1.63. The van der Waals surface area contributed by atoms with Gasteiger partial charge in [0.05, 0.1) is 85.1 Å². The van der Waals surface area contributed by atoms with E-state index in [4.69, 9.17) is 57.7 Å². The number of hydrogen-bond donors (Lipinski definition) is 1. The van der Waals surface area contributed by atoms with E-state index >= 15 is 0 Å². The minimum Gasteiger partial charge on any atom is -0.494 e. The number of Topliss-reactive ketones (excluding diaryl/α,β-unsaturated/α-hetero) is 2. The number of nitrogens with zero attached hydrogens (tertiary/aromatic N) is 7. The van der Waals surface area contributed by atoms with Crippen LogP contribution in [0.2, 0.25) is 0 Å². The number of alkyl halides is 1. The molecule has 2 aliphatic heterocycles. The van der Waals surface area contributed by atoms with Crippen LogP contribution in [0.5, 0.6) is 23.3 Å². The van der Waals surface area contributed by atoms with Gasteiger partial charge in [-0.05, 0) is 107 Å². The van der Waals surface area contributed by atoms with Gasteiger partial charge in [0.15, 0.2) is 0 Å². The normalized spacial score (nSPS) is 13.9. The smallest absolute Gasteiger partial charge is 0.477 e. The predicted octanol–water partition coefficient (Wildman–Crippen LogP) is 11.9. The Bertz CT molecular complexity index is 3600. The Balaban J connectivity index is 0.000000332. The van der Waals surface area contributed by atoms with E-state index in [1.54, 1.807) is 129 Å². The number of methoxy groups -OCH3 is 4. The van der Waals surface area contributed by atoms with Gasteiger partial charge in [0.1, 0.15) is 35.3 Å². The molecule has 8 rings (SSSR count). The topological polar surface area (TPSA) is 288 Å². The minimum absolute atomic E-state index is 0. The third kappa shape index (κ3) is 21.1. The van der Waals surface area contributed by atoms with Gasteiger partial charge in [0, 0.05) is 75.9 Å². The number of phosphoric acid groups is 2. The first-order valence-corrected chi connectivity index (χ1v) is 32.5. The molecule has 93 heavy (non-hydrogen) atoms. The van der Waals surface area contributed by atoms with Crippen molar-refractivity contribution in [3.8, 4) is 23.3 Å². The maximum atomic E-state index is 13.8. The van der Waals surface area contributed by atoms with Gasteiger partial charge in [-0.15, -0.1) is 0 Å². The van der Waals surface area contributed by atoms with Gasteiger partial charge in [0.2, 0.25) is 11.8 Å². The van der Waals surface area contributed by atoms with E-state index in [1.807, 2.05) is 24.3 Å². The second-order valence-corrected chi connectivity index (χ2v) is 27.9. The number of pyridine rings is 2. The lowest BCUT2D eigenvalue weighted by atomic mass is 10.1. The van der Waals surface area contributed by atoms with Crippen molar-refractivity contribution in [2.24, 2.45) is 0 Å². The van der Waals surface area contributed by atoms with Crippen LogP contribution in [0.1, 0.15) is 139 Å². The summed E-state index contributed by atoms with van der Waals surface area (Å²) in [5, 5.41) is 0.720. The van der Waals surface area contributed by atoms with Crippen LogP contribution in [-0.4, -0.2) is 184 Å². The van der Waals surface area contributed by atoms with Crippen molar-refractivity contribution in [1.82, 2.24) is 39.1 Å². The van der Waals surface area contributed by atoms with Gasteiger partial charge in [-0.1, -0.05) is 62.9 Å². The molecule has 0 atom stereocenters. The third-order valence-corrected chi connectivity index (χ3v) is 17.2. The molecular weight excluding hydrogens is 1270 g/mol. The second kappa shape index (κ2) is 32.7. The minimum atomic E-state index is -4.15. The highest BCUT2D eigenvalue weighted by atomic mass is 35.5. The molecule has 29 heteroatoms. The predicted molar refractivity (Wildman–Crippen MR) is 353 cm³/mol. The summed E-state index contributed by atoms with van der Waals surface area (Å²) in [4.78, 5) is 96.3. The van der Waals surface area contributed by atoms with Crippen molar-refractivity contribution >= 4 is 84.2 Å². The number of carbonyl (C=O) groups is 6. The number of ether oxygens (including phenoxy) is 4. The van der Waals surface area contributed by atoms with Crippen LogP contribution < -0.4 is 18.9 Å². The van der Waals surface area contributed by atoms with Gasteiger partial charge in [-0.2, -0.15) is 0 Å². The summed E-state index contributed by atoms with van der Waals surface area (Å²) in [7, 11) is -1.98. The van der Waals surface area contributed by atoms with Crippen molar-refractivity contribution in [2.75, 3.05) is 86.9 Å². The first kappa shape index (κ1) is 78.2. The molecule has 0 radical (unpaired) electrons. The summed E-state index contributed by atoms with van der Waals surface area (Å²) >= 11 is 5.39. The molecule has 2 fully saturated rings. The number of H-pyrrole nitrogens is 1. The lowest BCUT2D eigenvalue weighted by Crippen LogP contribution is -2.52. The molecule has 4 aromatic heterocycles. The van der Waals surface area contributed by atoms with Crippen LogP contribution >= 0.6 is 27.2 Å². The van der Waals surface area contributed by atoms with Crippen molar-refractivity contribution < 1.29 is 84.0 Å². The summed E-state index contributed by atoms with van der Waals surface area (Å²) in [6.07, 6.45) is 5.71. The Morgan fingerprint density at radius 1 is 0.505 bits per heavy atom. The molecule has 1 N–H and O–H groups in total. The molecule has 26 nitrogen and oxygen atoms in total. The van der Waals surface area contributed by atoms with E-state index in [0.29, 0.717) is 46.7 Å². The number of fused-ring (bicyclic) bond motifs is 2. The van der Waals surface area contributed by atoms with Crippen LogP contribution in [-0.2, 0) is 52.6 Å². The molecule has 6 heterocycles. The first-order chi connectivity index (χ1) is 42.6. The number of amides is 4. The number of aromatic amines is 1. The van der Waals surface area contributed by atoms with Crippen molar-refractivity contribution in [3.05, 3.63) is 108 Å². The van der Waals surface area contributed by atoms with E-state index in [9.17, 15) is 37.9 Å². The number of hydrogen-bond acceptors (Lipinski definition) is 20. The maximum Gasteiger partial charge on any atom is 0.477 e. The fourth-order valence-electron chi connectivity index (χ4n) is 9.39. The number of phosphoric ester groups is 2. The zero-order valence-corrected chi connectivity index (χ0v) is 57.0. The largest absolute Gasteiger partial charge is 0.494 e. The molecule has 6 aromatic rings. The van der Waals surface area contributed by atoms with Crippen LogP contribution in [0.3, 0.4) is 0 Å². The van der Waals surface area contributed by atoms with E-state index < -0.39 is 68.2 Å². The highest BCUT2D eigenvalue weighted by molar-refractivity contribution is 7.48. The summed E-state index contributed by atoms with van der Waals surface area (Å²) in [6.45, 7) is 22.7. The number of ketones is 2. The number of piperazine rings is 2. The zero-order chi connectivity index (χ0) is 67.4. The van der Waals surface area contributed by atoms with Crippen molar-refractivity contribution in [3.63, 3.8) is 0 Å². The number of halogens is 1. The number of nitrogens with one attached hydrogen (secondary N) is 1. The third-order valence-electron chi connectivity index (χ3n) is 13.0. The Morgan fingerprint density at radius 2 is 0.871 bits per heavy atom. The number of aromatic nitrogens is 4. The SMILES string of the molecule is C.C.CC(C)(C)OP(=O)(OCCl)OC(C)(C)C.COc1cnc(OC)c2c1c(C(=O)C(=O)N1CCN(C(=O)c3ccccc3)CC1)cn2COP(=O)(OC(C)(C)C)OC(C)(C)C.COc1ncc(OC)c2c(C(=O)C(=O)N3CCN(C(=O)c4ccccc4)CC3)c[nH]c12. The second-order valence-electron chi connectivity index (χ2n) is 24.6. The fourth-order valence-corrected chi connectivity index (χ4v) is 13.1. The molecule has 0 saturated carbocycles. The summed E-state index contributed by atoms with van der Waals surface area (Å²) in [5.41, 5.74) is -0.839. The highest BCUT2D eigenvalue weighted by Crippen LogP contribution is 2.57. The molecule has 0 spiro atoms. The molecule has 2 aliphatic rings.